The molecule has 1 aromatic carbocycles. The molecule has 2 aromatic rings. The van der Waals surface area contributed by atoms with Gasteiger partial charge in [0.1, 0.15) is 5.69 Å². The molecule has 4 heteroatoms. The maximum Gasteiger partial charge on any atom is 0.275 e. The van der Waals surface area contributed by atoms with Crippen molar-refractivity contribution in [3.63, 3.8) is 0 Å². The van der Waals surface area contributed by atoms with E-state index in [0.29, 0.717) is 11.6 Å². The Bertz CT molecular complexity index is 505. The van der Waals surface area contributed by atoms with Crippen LogP contribution in [0.3, 0.4) is 0 Å². The van der Waals surface area contributed by atoms with Gasteiger partial charge in [0, 0.05) is 11.1 Å². The summed E-state index contributed by atoms with van der Waals surface area (Å²) < 4.78 is 0. The van der Waals surface area contributed by atoms with E-state index < -0.39 is 0 Å². The second-order valence-corrected chi connectivity index (χ2v) is 4.98. The fourth-order valence-electron chi connectivity index (χ4n) is 1.65. The molecule has 1 atom stereocenters. The summed E-state index contributed by atoms with van der Waals surface area (Å²) >= 11 is 1.42. The van der Waals surface area contributed by atoms with E-state index in [9.17, 15) is 4.79 Å². The Balaban J connectivity index is 2.04. The average molecular weight is 260 g/mol. The van der Waals surface area contributed by atoms with Crippen LogP contribution in [0.4, 0.5) is 5.69 Å². The van der Waals surface area contributed by atoms with E-state index in [1.54, 1.807) is 10.9 Å². The number of hydrogen-bond donors (Lipinski definition) is 1. The number of rotatable bonds is 4. The fourth-order valence-corrected chi connectivity index (χ4v) is 2.18. The summed E-state index contributed by atoms with van der Waals surface area (Å²) in [4.78, 5) is 15.8. The van der Waals surface area contributed by atoms with Crippen molar-refractivity contribution in [2.75, 3.05) is 5.32 Å². The van der Waals surface area contributed by atoms with Gasteiger partial charge in [-0.15, -0.1) is 11.3 Å². The summed E-state index contributed by atoms with van der Waals surface area (Å²) in [5.41, 5.74) is 4.22. The van der Waals surface area contributed by atoms with Crippen LogP contribution >= 0.6 is 11.3 Å². The first-order chi connectivity index (χ1) is 8.70. The van der Waals surface area contributed by atoms with Crippen molar-refractivity contribution in [1.29, 1.82) is 0 Å². The molecule has 1 amide bonds. The van der Waals surface area contributed by atoms with Gasteiger partial charge < -0.3 is 5.32 Å². The number of nitrogens with zero attached hydrogens (tertiary/aromatic N) is 1. The smallest absolute Gasteiger partial charge is 0.275 e. The molecule has 0 aliphatic rings. The van der Waals surface area contributed by atoms with Crippen LogP contribution in [0.1, 0.15) is 42.2 Å². The molecule has 1 unspecified atom stereocenters. The number of aromatic nitrogens is 1. The molecule has 1 heterocycles. The summed E-state index contributed by atoms with van der Waals surface area (Å²) in [6.45, 7) is 4.37. The Morgan fingerprint density at radius 2 is 2.11 bits per heavy atom. The van der Waals surface area contributed by atoms with Crippen LogP contribution in [0.2, 0.25) is 0 Å². The molecule has 1 N–H and O–H groups in total. The second kappa shape index (κ2) is 5.78. The monoisotopic (exact) mass is 260 g/mol. The van der Waals surface area contributed by atoms with Gasteiger partial charge in [0.05, 0.1) is 5.51 Å². The van der Waals surface area contributed by atoms with Crippen LogP contribution in [-0.4, -0.2) is 10.9 Å². The van der Waals surface area contributed by atoms with Crippen molar-refractivity contribution < 1.29 is 4.79 Å². The Kier molecular flexibility index (Phi) is 4.10. The van der Waals surface area contributed by atoms with Crippen LogP contribution in [-0.2, 0) is 0 Å². The number of benzene rings is 1. The molecule has 0 spiro atoms. The lowest BCUT2D eigenvalue weighted by molar-refractivity contribution is 0.102. The molecule has 0 saturated heterocycles. The van der Waals surface area contributed by atoms with E-state index in [0.717, 1.165) is 12.1 Å². The average Bonchev–Trinajstić information content (AvgIpc) is 2.92. The molecule has 0 radical (unpaired) electrons. The predicted octanol–water partition coefficient (Wildman–Crippen LogP) is 3.91. The van der Waals surface area contributed by atoms with Crippen LogP contribution in [0.15, 0.2) is 35.2 Å². The zero-order chi connectivity index (χ0) is 13.0. The number of hydrogen-bond acceptors (Lipinski definition) is 3. The van der Waals surface area contributed by atoms with Crippen molar-refractivity contribution in [2.45, 2.75) is 26.2 Å². The molecular weight excluding hydrogens is 244 g/mol. The molecular formula is C14H16N2OS. The van der Waals surface area contributed by atoms with Gasteiger partial charge in [-0.2, -0.15) is 0 Å². The van der Waals surface area contributed by atoms with Crippen LogP contribution in [0.5, 0.6) is 0 Å². The highest BCUT2D eigenvalue weighted by Crippen LogP contribution is 2.20. The Hall–Kier alpha value is -1.68. The summed E-state index contributed by atoms with van der Waals surface area (Å²) in [6.07, 6.45) is 1.12. The highest BCUT2D eigenvalue weighted by atomic mass is 32.1. The summed E-state index contributed by atoms with van der Waals surface area (Å²) in [5.74, 6) is 0.390. The van der Waals surface area contributed by atoms with Crippen molar-refractivity contribution in [1.82, 2.24) is 4.98 Å². The van der Waals surface area contributed by atoms with Crippen molar-refractivity contribution in [3.05, 3.63) is 46.4 Å². The minimum absolute atomic E-state index is 0.160. The van der Waals surface area contributed by atoms with Crippen molar-refractivity contribution in [3.8, 4) is 0 Å². The Morgan fingerprint density at radius 3 is 2.67 bits per heavy atom. The lowest BCUT2D eigenvalue weighted by Crippen LogP contribution is -2.12. The molecule has 0 aliphatic carbocycles. The third kappa shape index (κ3) is 2.96. The van der Waals surface area contributed by atoms with Crippen molar-refractivity contribution >= 4 is 22.9 Å². The minimum Gasteiger partial charge on any atom is -0.321 e. The van der Waals surface area contributed by atoms with E-state index in [1.807, 2.05) is 12.1 Å². The third-order valence-corrected chi connectivity index (χ3v) is 3.60. The SMILES string of the molecule is CCC(C)c1ccc(NC(=O)c2cscn2)cc1. The Morgan fingerprint density at radius 1 is 1.39 bits per heavy atom. The molecule has 94 valence electrons. The number of carbonyl (C=O) groups excluding carboxylic acids is 1. The molecule has 3 nitrogen and oxygen atoms in total. The first-order valence-corrected chi connectivity index (χ1v) is 6.94. The fraction of sp³-hybridized carbons (Fsp3) is 0.286. The molecule has 0 aliphatic heterocycles. The molecule has 0 saturated carbocycles. The van der Waals surface area contributed by atoms with Gasteiger partial charge in [-0.3, -0.25) is 4.79 Å². The zero-order valence-corrected chi connectivity index (χ0v) is 11.3. The van der Waals surface area contributed by atoms with E-state index >= 15 is 0 Å². The molecule has 2 rings (SSSR count). The van der Waals surface area contributed by atoms with Gasteiger partial charge in [-0.25, -0.2) is 4.98 Å². The quantitative estimate of drug-likeness (QED) is 0.905. The number of thiazole rings is 1. The molecule has 0 bridgehead atoms. The lowest BCUT2D eigenvalue weighted by atomic mass is 9.99. The first kappa shape index (κ1) is 12.8. The number of carbonyl (C=O) groups is 1. The van der Waals surface area contributed by atoms with E-state index in [1.165, 1.54) is 16.9 Å². The van der Waals surface area contributed by atoms with E-state index in [2.05, 4.69) is 36.3 Å². The lowest BCUT2D eigenvalue weighted by Gasteiger charge is -2.10. The van der Waals surface area contributed by atoms with Gasteiger partial charge in [0.25, 0.3) is 5.91 Å². The largest absolute Gasteiger partial charge is 0.321 e. The van der Waals surface area contributed by atoms with Gasteiger partial charge in [0.15, 0.2) is 0 Å². The minimum atomic E-state index is -0.160. The van der Waals surface area contributed by atoms with Crippen LogP contribution in [0.25, 0.3) is 0 Å². The number of nitrogens with one attached hydrogen (secondary N) is 1. The second-order valence-electron chi connectivity index (χ2n) is 4.26. The zero-order valence-electron chi connectivity index (χ0n) is 10.5. The summed E-state index contributed by atoms with van der Waals surface area (Å²) in [7, 11) is 0. The molecule has 18 heavy (non-hydrogen) atoms. The van der Waals surface area contributed by atoms with Crippen LogP contribution < -0.4 is 5.32 Å². The van der Waals surface area contributed by atoms with Crippen molar-refractivity contribution in [2.24, 2.45) is 0 Å². The normalized spacial score (nSPS) is 12.1. The van der Waals surface area contributed by atoms with E-state index in [4.69, 9.17) is 0 Å². The maximum atomic E-state index is 11.8. The highest BCUT2D eigenvalue weighted by Gasteiger charge is 2.08. The Labute approximate surface area is 111 Å². The summed E-state index contributed by atoms with van der Waals surface area (Å²) in [6, 6.07) is 7.99. The van der Waals surface area contributed by atoms with Crippen LogP contribution in [0, 0.1) is 0 Å². The highest BCUT2D eigenvalue weighted by molar-refractivity contribution is 7.07. The van der Waals surface area contributed by atoms with Gasteiger partial charge in [-0.05, 0) is 30.0 Å². The molecule has 0 fully saturated rings. The molecule has 1 aromatic heterocycles. The third-order valence-electron chi connectivity index (χ3n) is 3.01. The van der Waals surface area contributed by atoms with E-state index in [-0.39, 0.29) is 5.91 Å². The predicted molar refractivity (Wildman–Crippen MR) is 75.2 cm³/mol. The number of amides is 1. The van der Waals surface area contributed by atoms with Gasteiger partial charge in [-0.1, -0.05) is 26.0 Å². The topological polar surface area (TPSA) is 42.0 Å². The first-order valence-electron chi connectivity index (χ1n) is 6.00. The number of anilines is 1. The summed E-state index contributed by atoms with van der Waals surface area (Å²) in [5, 5.41) is 4.57. The van der Waals surface area contributed by atoms with Gasteiger partial charge in [0.2, 0.25) is 0 Å². The standard InChI is InChI=1S/C14H16N2OS/c1-3-10(2)11-4-6-12(7-5-11)16-14(17)13-8-18-9-15-13/h4-10H,3H2,1-2H3,(H,16,17). The van der Waals surface area contributed by atoms with Gasteiger partial charge >= 0.3 is 0 Å². The maximum absolute atomic E-state index is 11.8.